The first-order chi connectivity index (χ1) is 11.5. The normalized spacial score (nSPS) is 11.6. The zero-order valence-electron chi connectivity index (χ0n) is 15.8. The molecule has 0 atom stereocenters. The fourth-order valence-corrected chi connectivity index (χ4v) is 2.71. The first kappa shape index (κ1) is 25.1. The molecule has 0 unspecified atom stereocenters. The van der Waals surface area contributed by atoms with Crippen molar-refractivity contribution in [3.8, 4) is 11.1 Å². The Kier molecular flexibility index (Phi) is 12.0. The second-order valence-corrected chi connectivity index (χ2v) is 7.94. The van der Waals surface area contributed by atoms with Gasteiger partial charge >= 0.3 is 37.6 Å². The number of fused-ring (bicyclic) bond motifs is 3. The van der Waals surface area contributed by atoms with Crippen molar-refractivity contribution in [1.82, 2.24) is 0 Å². The first-order valence-electron chi connectivity index (χ1n) is 8.32. The topological polar surface area (TPSA) is 0 Å². The number of benzene rings is 2. The average molecular weight is 419 g/mol. The minimum atomic E-state index is 0. The van der Waals surface area contributed by atoms with Crippen LogP contribution in [0.2, 0.25) is 0 Å². The largest absolute Gasteiger partial charge is 1.00 e. The third kappa shape index (κ3) is 7.76. The molecule has 0 fully saturated rings. The fourth-order valence-electron chi connectivity index (χ4n) is 2.71. The van der Waals surface area contributed by atoms with Crippen LogP contribution in [-0.2, 0) is 26.4 Å². The number of rotatable bonds is 0. The first-order valence-corrected chi connectivity index (χ1v) is 9.10. The van der Waals surface area contributed by atoms with E-state index in [1.165, 1.54) is 37.2 Å². The molecule has 26 heavy (non-hydrogen) atoms. The summed E-state index contributed by atoms with van der Waals surface area (Å²) in [7, 11) is 0. The number of hydrogen-bond acceptors (Lipinski definition) is 0. The molecule has 2 aromatic rings. The Hall–Kier alpha value is -0.916. The van der Waals surface area contributed by atoms with Crippen LogP contribution in [0.4, 0.5) is 0 Å². The van der Waals surface area contributed by atoms with E-state index in [4.69, 9.17) is 0 Å². The van der Waals surface area contributed by atoms with Gasteiger partial charge in [-0.2, -0.15) is 29.8 Å². The van der Waals surface area contributed by atoms with E-state index in [-0.39, 0.29) is 24.8 Å². The van der Waals surface area contributed by atoms with E-state index in [2.05, 4.69) is 96.2 Å². The molecule has 2 aromatic carbocycles. The van der Waals surface area contributed by atoms with Crippen LogP contribution in [0.15, 0.2) is 48.6 Å². The maximum absolute atomic E-state index is 3.45. The molecule has 0 amide bonds. The molecule has 0 aromatic heterocycles. The van der Waals surface area contributed by atoms with Crippen molar-refractivity contribution in [3.63, 3.8) is 0 Å². The van der Waals surface area contributed by atoms with Crippen molar-refractivity contribution in [3.05, 3.63) is 83.0 Å². The number of hydrogen-bond donors (Lipinski definition) is 0. The van der Waals surface area contributed by atoms with Crippen molar-refractivity contribution in [1.29, 1.82) is 0 Å². The number of allylic oxidation sites excluding steroid dienone is 4. The number of halogens is 2. The van der Waals surface area contributed by atoms with E-state index in [1.54, 1.807) is 0 Å². The van der Waals surface area contributed by atoms with Gasteiger partial charge in [-0.05, 0) is 18.9 Å². The van der Waals surface area contributed by atoms with Gasteiger partial charge in [0.2, 0.25) is 0 Å². The molecule has 0 saturated heterocycles. The predicted molar refractivity (Wildman–Crippen MR) is 101 cm³/mol. The molecule has 0 radical (unpaired) electrons. The molecule has 2 aliphatic carbocycles. The molecule has 0 saturated carbocycles. The van der Waals surface area contributed by atoms with Gasteiger partial charge in [-0.3, -0.25) is 6.08 Å². The standard InChI is InChI=1S/C15H13.C5H5.C3H6.2ClH.Ti/c1-10-3-5-14-12(7-10)9-13-8-11(2)4-6-15(13)14;1-2-4-5-3-1;1-3-2;;;/h3-7H,9H2,1-2H3;1-3H,4H2;1-2H3;2*1H;/q2*-1;;;;+2/p-2. The third-order valence-corrected chi connectivity index (χ3v) is 3.68. The second-order valence-electron chi connectivity index (χ2n) is 6.37. The molecular formula is C23H24Cl2Ti-2. The van der Waals surface area contributed by atoms with Gasteiger partial charge in [-0.15, -0.1) is 17.5 Å². The smallest absolute Gasteiger partial charge is 0.0253 e. The maximum atomic E-state index is 3.45. The quantitative estimate of drug-likeness (QED) is 0.348. The van der Waals surface area contributed by atoms with Crippen LogP contribution in [0.1, 0.15) is 42.5 Å². The van der Waals surface area contributed by atoms with Crippen molar-refractivity contribution in [2.45, 2.75) is 40.5 Å². The number of aryl methyl sites for hydroxylation is 2. The Morgan fingerprint density at radius 2 is 1.65 bits per heavy atom. The van der Waals surface area contributed by atoms with Crippen LogP contribution in [0, 0.1) is 26.0 Å². The fraction of sp³-hybridized carbons (Fsp3) is 0.261. The molecule has 0 bridgehead atoms. The van der Waals surface area contributed by atoms with E-state index >= 15 is 0 Å². The minimum Gasteiger partial charge on any atom is -1.00 e. The van der Waals surface area contributed by atoms with Crippen molar-refractivity contribution >= 4 is 3.81 Å². The Morgan fingerprint density at radius 1 is 1.00 bits per heavy atom. The summed E-state index contributed by atoms with van der Waals surface area (Å²) in [5.74, 6) is 0. The second kappa shape index (κ2) is 12.5. The summed E-state index contributed by atoms with van der Waals surface area (Å²) in [6.07, 6.45) is 11.0. The summed E-state index contributed by atoms with van der Waals surface area (Å²) < 4.78 is 1.42. The maximum Gasteiger partial charge on any atom is -0.0253 e. The van der Waals surface area contributed by atoms with Crippen LogP contribution < -0.4 is 24.8 Å². The van der Waals surface area contributed by atoms with E-state index in [0.717, 1.165) is 12.8 Å². The molecule has 0 heterocycles. The van der Waals surface area contributed by atoms with Crippen molar-refractivity contribution in [2.24, 2.45) is 0 Å². The average Bonchev–Trinajstić information content (AvgIpc) is 3.16. The molecule has 136 valence electrons. The van der Waals surface area contributed by atoms with Crippen LogP contribution in [0.5, 0.6) is 0 Å². The van der Waals surface area contributed by atoms with E-state index in [1.807, 2.05) is 12.2 Å². The zero-order valence-corrected chi connectivity index (χ0v) is 18.9. The third-order valence-electron chi connectivity index (χ3n) is 3.68. The van der Waals surface area contributed by atoms with Gasteiger partial charge in [0.15, 0.2) is 0 Å². The summed E-state index contributed by atoms with van der Waals surface area (Å²) in [6, 6.07) is 14.5. The van der Waals surface area contributed by atoms with Gasteiger partial charge in [-0.1, -0.05) is 36.2 Å². The van der Waals surface area contributed by atoms with E-state index in [0.29, 0.717) is 0 Å². The van der Waals surface area contributed by atoms with Gasteiger partial charge in [0.25, 0.3) is 0 Å². The van der Waals surface area contributed by atoms with Gasteiger partial charge < -0.3 is 24.8 Å². The Labute approximate surface area is 182 Å². The van der Waals surface area contributed by atoms with Crippen LogP contribution in [-0.4, -0.2) is 3.81 Å². The van der Waals surface area contributed by atoms with Gasteiger partial charge in [0.1, 0.15) is 0 Å². The molecular weight excluding hydrogens is 395 g/mol. The summed E-state index contributed by atoms with van der Waals surface area (Å²) in [5, 5.41) is 0. The Balaban J connectivity index is 0.000000480. The summed E-state index contributed by atoms with van der Waals surface area (Å²) in [6.45, 7) is 8.42. The van der Waals surface area contributed by atoms with Gasteiger partial charge in [0, 0.05) is 0 Å². The van der Waals surface area contributed by atoms with Crippen molar-refractivity contribution in [2.75, 3.05) is 0 Å². The predicted octanol–water partition coefficient (Wildman–Crippen LogP) is -0.266. The summed E-state index contributed by atoms with van der Waals surface area (Å²) in [5.41, 5.74) is 8.15. The van der Waals surface area contributed by atoms with Crippen LogP contribution in [0.25, 0.3) is 11.1 Å². The Morgan fingerprint density at radius 3 is 2.19 bits per heavy atom. The van der Waals surface area contributed by atoms with E-state index < -0.39 is 0 Å². The zero-order chi connectivity index (χ0) is 17.5. The summed E-state index contributed by atoms with van der Waals surface area (Å²) >= 11 is 2.08. The van der Waals surface area contributed by atoms with Crippen LogP contribution in [0.3, 0.4) is 0 Å². The molecule has 2 aliphatic rings. The molecule has 3 heteroatoms. The molecule has 4 rings (SSSR count). The van der Waals surface area contributed by atoms with Gasteiger partial charge in [-0.25, -0.2) is 12.2 Å². The Bertz CT molecular complexity index is 725. The monoisotopic (exact) mass is 418 g/mol. The van der Waals surface area contributed by atoms with Crippen molar-refractivity contribution < 1.29 is 44.8 Å². The van der Waals surface area contributed by atoms with E-state index in [9.17, 15) is 0 Å². The van der Waals surface area contributed by atoms with Crippen LogP contribution >= 0.6 is 0 Å². The molecule has 0 N–H and O–H groups in total. The van der Waals surface area contributed by atoms with Gasteiger partial charge in [0.05, 0.1) is 0 Å². The molecule has 0 aliphatic heterocycles. The minimum absolute atomic E-state index is 0. The SMILES string of the molecule is C[C](C)=[Ti+2].Cc1[c-]c2c(cc1)-c1ccc(C)cc1C2.[C-]1=CC=CC1.[Cl-].[Cl-]. The summed E-state index contributed by atoms with van der Waals surface area (Å²) in [4.78, 5) is 0. The molecule has 0 spiro atoms. The molecule has 0 nitrogen and oxygen atoms in total.